The number of benzene rings is 1. The highest BCUT2D eigenvalue weighted by molar-refractivity contribution is 9.10. The number of anilines is 1. The Hall–Kier alpha value is -0.650. The Morgan fingerprint density at radius 2 is 2.16 bits per heavy atom. The molecule has 0 aromatic heterocycles. The predicted molar refractivity (Wildman–Crippen MR) is 78.7 cm³/mol. The molecule has 2 rings (SSSR count). The van der Waals surface area contributed by atoms with Gasteiger partial charge in [0.1, 0.15) is 0 Å². The monoisotopic (exact) mass is 330 g/mol. The highest BCUT2D eigenvalue weighted by Crippen LogP contribution is 2.35. The van der Waals surface area contributed by atoms with Gasteiger partial charge in [-0.1, -0.05) is 6.07 Å². The number of halogens is 2. The summed E-state index contributed by atoms with van der Waals surface area (Å²) >= 11 is 3.29. The van der Waals surface area contributed by atoms with Gasteiger partial charge in [0, 0.05) is 25.7 Å². The minimum Gasteiger partial charge on any atom is -0.396 e. The van der Waals surface area contributed by atoms with Gasteiger partial charge in [0.2, 0.25) is 0 Å². The van der Waals surface area contributed by atoms with Crippen molar-refractivity contribution in [1.82, 2.24) is 0 Å². The summed E-state index contributed by atoms with van der Waals surface area (Å²) in [4.78, 5) is 2.08. The number of aliphatic hydroxyl groups is 1. The third-order valence-electron chi connectivity index (χ3n) is 3.74. The molecule has 1 saturated carbocycles. The van der Waals surface area contributed by atoms with E-state index in [1.54, 1.807) is 6.07 Å². The van der Waals surface area contributed by atoms with E-state index in [9.17, 15) is 4.39 Å². The molecule has 3 N–H and O–H groups in total. The van der Waals surface area contributed by atoms with Crippen LogP contribution in [0.5, 0.6) is 0 Å². The van der Waals surface area contributed by atoms with Gasteiger partial charge < -0.3 is 15.7 Å². The van der Waals surface area contributed by atoms with E-state index in [-0.39, 0.29) is 12.4 Å². The summed E-state index contributed by atoms with van der Waals surface area (Å²) in [6.45, 7) is 1.14. The van der Waals surface area contributed by atoms with Crippen LogP contribution < -0.4 is 10.6 Å². The smallest absolute Gasteiger partial charge is 0.160 e. The lowest BCUT2D eigenvalue weighted by Crippen LogP contribution is -2.41. The molecule has 0 amide bonds. The van der Waals surface area contributed by atoms with Crippen LogP contribution in [0.4, 0.5) is 10.1 Å². The van der Waals surface area contributed by atoms with Crippen molar-refractivity contribution in [1.29, 1.82) is 0 Å². The average molecular weight is 331 g/mol. The van der Waals surface area contributed by atoms with E-state index in [4.69, 9.17) is 10.8 Å². The van der Waals surface area contributed by atoms with Gasteiger partial charge in [-0.05, 0) is 53.2 Å². The molecular formula is C14H20BrFN2O. The van der Waals surface area contributed by atoms with Crippen molar-refractivity contribution in [2.24, 2.45) is 5.73 Å². The van der Waals surface area contributed by atoms with Crippen LogP contribution in [0.3, 0.4) is 0 Å². The Labute approximate surface area is 121 Å². The number of nitrogens with zero attached hydrogens (tertiary/aromatic N) is 1. The number of rotatable bonds is 6. The molecule has 0 bridgehead atoms. The Morgan fingerprint density at radius 1 is 1.42 bits per heavy atom. The van der Waals surface area contributed by atoms with Gasteiger partial charge in [-0.2, -0.15) is 0 Å². The highest BCUT2D eigenvalue weighted by Gasteiger charge is 2.27. The lowest BCUT2D eigenvalue weighted by molar-refractivity contribution is 0.282. The SMILES string of the molecule is NCc1ccc(N(CCCO)C2CCC2)c(F)c1Br. The van der Waals surface area contributed by atoms with Gasteiger partial charge >= 0.3 is 0 Å². The van der Waals surface area contributed by atoms with Crippen LogP contribution in [0, 0.1) is 5.82 Å². The summed E-state index contributed by atoms with van der Waals surface area (Å²) in [5.74, 6) is -0.243. The molecule has 1 fully saturated rings. The first-order valence-corrected chi connectivity index (χ1v) is 7.52. The van der Waals surface area contributed by atoms with Crippen molar-refractivity contribution in [3.05, 3.63) is 28.0 Å². The fourth-order valence-corrected chi connectivity index (χ4v) is 2.90. The largest absolute Gasteiger partial charge is 0.396 e. The number of nitrogens with two attached hydrogens (primary N) is 1. The van der Waals surface area contributed by atoms with Crippen LogP contribution in [-0.4, -0.2) is 24.3 Å². The van der Waals surface area contributed by atoms with Crippen LogP contribution in [-0.2, 0) is 6.54 Å². The van der Waals surface area contributed by atoms with Crippen LogP contribution in [0.25, 0.3) is 0 Å². The molecule has 0 radical (unpaired) electrons. The van der Waals surface area contributed by atoms with Gasteiger partial charge in [0.15, 0.2) is 5.82 Å². The topological polar surface area (TPSA) is 49.5 Å². The maximum Gasteiger partial charge on any atom is 0.160 e. The summed E-state index contributed by atoms with van der Waals surface area (Å²) in [6, 6.07) is 4.07. The Balaban J connectivity index is 2.27. The number of hydrogen-bond acceptors (Lipinski definition) is 3. The maximum absolute atomic E-state index is 14.4. The van der Waals surface area contributed by atoms with Gasteiger partial charge in [-0.3, -0.25) is 0 Å². The normalized spacial score (nSPS) is 15.4. The van der Waals surface area contributed by atoms with E-state index in [1.807, 2.05) is 6.07 Å². The van der Waals surface area contributed by atoms with Gasteiger partial charge in [-0.15, -0.1) is 0 Å². The van der Waals surface area contributed by atoms with Gasteiger partial charge in [0.25, 0.3) is 0 Å². The van der Waals surface area contributed by atoms with Crippen LogP contribution in [0.2, 0.25) is 0 Å². The van der Waals surface area contributed by atoms with Crippen molar-refractivity contribution in [3.63, 3.8) is 0 Å². The van der Waals surface area contributed by atoms with E-state index in [0.29, 0.717) is 35.7 Å². The molecule has 1 aliphatic rings. The fraction of sp³-hybridized carbons (Fsp3) is 0.571. The Bertz CT molecular complexity index is 438. The lowest BCUT2D eigenvalue weighted by atomic mass is 9.90. The number of hydrogen-bond donors (Lipinski definition) is 2. The van der Waals surface area contributed by atoms with Crippen molar-refractivity contribution in [3.8, 4) is 0 Å². The molecule has 0 heterocycles. The molecule has 0 saturated heterocycles. The van der Waals surface area contributed by atoms with Crippen LogP contribution in [0.15, 0.2) is 16.6 Å². The lowest BCUT2D eigenvalue weighted by Gasteiger charge is -2.39. The van der Waals surface area contributed by atoms with Gasteiger partial charge in [0.05, 0.1) is 10.2 Å². The summed E-state index contributed by atoms with van der Waals surface area (Å²) in [5.41, 5.74) is 6.97. The van der Waals surface area contributed by atoms with E-state index < -0.39 is 0 Å². The summed E-state index contributed by atoms with van der Waals surface area (Å²) < 4.78 is 14.9. The first kappa shape index (κ1) is 14.8. The molecule has 0 atom stereocenters. The Morgan fingerprint density at radius 3 is 2.68 bits per heavy atom. The van der Waals surface area contributed by atoms with Gasteiger partial charge in [-0.25, -0.2) is 4.39 Å². The molecule has 0 unspecified atom stereocenters. The first-order chi connectivity index (χ1) is 9.19. The maximum atomic E-state index is 14.4. The minimum absolute atomic E-state index is 0.132. The first-order valence-electron chi connectivity index (χ1n) is 6.73. The molecule has 106 valence electrons. The third kappa shape index (κ3) is 3.09. The van der Waals surface area contributed by atoms with E-state index in [2.05, 4.69) is 20.8 Å². The second-order valence-corrected chi connectivity index (χ2v) is 5.72. The molecule has 1 aromatic carbocycles. The third-order valence-corrected chi connectivity index (χ3v) is 4.60. The second kappa shape index (κ2) is 6.68. The van der Waals surface area contributed by atoms with Crippen LogP contribution in [0.1, 0.15) is 31.2 Å². The molecule has 1 aliphatic carbocycles. The van der Waals surface area contributed by atoms with Crippen molar-refractivity contribution in [2.45, 2.75) is 38.3 Å². The van der Waals surface area contributed by atoms with E-state index in [0.717, 1.165) is 18.4 Å². The van der Waals surface area contributed by atoms with Crippen molar-refractivity contribution >= 4 is 21.6 Å². The molecule has 3 nitrogen and oxygen atoms in total. The fourth-order valence-electron chi connectivity index (χ4n) is 2.40. The molecular weight excluding hydrogens is 311 g/mol. The standard InChI is InChI=1S/C14H20BrFN2O/c15-13-10(9-17)5-6-12(14(13)16)18(7-2-8-19)11-3-1-4-11/h5-6,11,19H,1-4,7-9,17H2. The van der Waals surface area contributed by atoms with Crippen molar-refractivity contribution < 1.29 is 9.50 Å². The van der Waals surface area contributed by atoms with Crippen molar-refractivity contribution in [2.75, 3.05) is 18.1 Å². The molecule has 0 aliphatic heterocycles. The zero-order valence-corrected chi connectivity index (χ0v) is 12.5. The molecule has 5 heteroatoms. The Kier molecular flexibility index (Phi) is 5.19. The molecule has 1 aromatic rings. The molecule has 19 heavy (non-hydrogen) atoms. The second-order valence-electron chi connectivity index (χ2n) is 4.93. The van der Waals surface area contributed by atoms with E-state index >= 15 is 0 Å². The van der Waals surface area contributed by atoms with Crippen LogP contribution >= 0.6 is 15.9 Å². The average Bonchev–Trinajstić information content (AvgIpc) is 2.36. The molecule has 0 spiro atoms. The predicted octanol–water partition coefficient (Wildman–Crippen LogP) is 2.79. The zero-order chi connectivity index (χ0) is 13.8. The quantitative estimate of drug-likeness (QED) is 0.843. The number of aliphatic hydroxyl groups excluding tert-OH is 1. The zero-order valence-electron chi connectivity index (χ0n) is 10.9. The minimum atomic E-state index is -0.243. The highest BCUT2D eigenvalue weighted by atomic mass is 79.9. The van der Waals surface area contributed by atoms with E-state index in [1.165, 1.54) is 6.42 Å². The summed E-state index contributed by atoms with van der Waals surface area (Å²) in [6.07, 6.45) is 4.05. The summed E-state index contributed by atoms with van der Waals surface area (Å²) in [7, 11) is 0. The summed E-state index contributed by atoms with van der Waals surface area (Å²) in [5, 5.41) is 8.99.